The van der Waals surface area contributed by atoms with Crippen molar-refractivity contribution in [2.75, 3.05) is 31.7 Å². The predicted molar refractivity (Wildman–Crippen MR) is 70.2 cm³/mol. The largest absolute Gasteiger partial charge is 0.379 e. The molecule has 5 heteroatoms. The van der Waals surface area contributed by atoms with Gasteiger partial charge in [0, 0.05) is 24.8 Å². The van der Waals surface area contributed by atoms with Crippen molar-refractivity contribution in [3.05, 3.63) is 29.3 Å². The molecule has 1 aromatic carbocycles. The summed E-state index contributed by atoms with van der Waals surface area (Å²) in [6.45, 7) is 1.07. The minimum absolute atomic E-state index is 0.0195. The van der Waals surface area contributed by atoms with E-state index >= 15 is 0 Å². The molecule has 5 nitrogen and oxygen atoms in total. The van der Waals surface area contributed by atoms with Crippen LogP contribution in [0.2, 0.25) is 0 Å². The fraction of sp³-hybridized carbons (Fsp3) is 0.429. The van der Waals surface area contributed by atoms with E-state index in [-0.39, 0.29) is 11.7 Å². The summed E-state index contributed by atoms with van der Waals surface area (Å²) >= 11 is 0. The quantitative estimate of drug-likeness (QED) is 0.797. The molecule has 1 saturated heterocycles. The molecule has 0 unspecified atom stereocenters. The molecule has 0 radical (unpaired) electrons. The van der Waals surface area contributed by atoms with E-state index in [1.54, 1.807) is 18.0 Å². The summed E-state index contributed by atoms with van der Waals surface area (Å²) in [5.74, 6) is 0.0752. The van der Waals surface area contributed by atoms with Crippen LogP contribution >= 0.6 is 0 Å². The lowest BCUT2D eigenvalue weighted by Gasteiger charge is -2.38. The van der Waals surface area contributed by atoms with Crippen LogP contribution in [0.4, 0.5) is 5.69 Å². The molecule has 1 amide bonds. The van der Waals surface area contributed by atoms with Crippen molar-refractivity contribution < 1.29 is 14.3 Å². The number of nitrogens with two attached hydrogens (primary N) is 1. The lowest BCUT2D eigenvalue weighted by Crippen LogP contribution is -2.54. The molecule has 2 heterocycles. The second-order valence-electron chi connectivity index (χ2n) is 5.28. The molecule has 1 fully saturated rings. The minimum atomic E-state index is -0.567. The molecule has 2 N–H and O–H groups in total. The average molecular weight is 260 g/mol. The fourth-order valence-electron chi connectivity index (χ4n) is 2.61. The van der Waals surface area contributed by atoms with Gasteiger partial charge in [-0.05, 0) is 23.8 Å². The zero-order valence-corrected chi connectivity index (χ0v) is 10.8. The van der Waals surface area contributed by atoms with Crippen LogP contribution in [0.5, 0.6) is 0 Å². The molecule has 0 aromatic heterocycles. The van der Waals surface area contributed by atoms with Crippen LogP contribution in [0.1, 0.15) is 15.9 Å². The van der Waals surface area contributed by atoms with Crippen LogP contribution < -0.4 is 10.6 Å². The molecule has 0 spiro atoms. The first-order valence-corrected chi connectivity index (χ1v) is 6.29. The Morgan fingerprint density at radius 3 is 2.79 bits per heavy atom. The summed E-state index contributed by atoms with van der Waals surface area (Å²) in [7, 11) is 1.75. The SMILES string of the molecule is CN1C(=O)Cc2cc(C(=O)C3(CN)COC3)ccc21. The summed E-state index contributed by atoms with van der Waals surface area (Å²) in [4.78, 5) is 25.7. The highest BCUT2D eigenvalue weighted by atomic mass is 16.5. The highest BCUT2D eigenvalue weighted by Crippen LogP contribution is 2.34. The van der Waals surface area contributed by atoms with E-state index in [4.69, 9.17) is 10.5 Å². The zero-order chi connectivity index (χ0) is 13.6. The zero-order valence-electron chi connectivity index (χ0n) is 10.8. The van der Waals surface area contributed by atoms with E-state index in [1.165, 1.54) is 0 Å². The normalized spacial score (nSPS) is 20.1. The van der Waals surface area contributed by atoms with Crippen LogP contribution in [0.3, 0.4) is 0 Å². The van der Waals surface area contributed by atoms with Crippen molar-refractivity contribution in [3.8, 4) is 0 Å². The Balaban J connectivity index is 1.94. The average Bonchev–Trinajstić information content (AvgIpc) is 2.64. The van der Waals surface area contributed by atoms with Gasteiger partial charge in [-0.25, -0.2) is 0 Å². The summed E-state index contributed by atoms with van der Waals surface area (Å²) in [6, 6.07) is 5.41. The maximum absolute atomic E-state index is 12.5. The Morgan fingerprint density at radius 1 is 1.47 bits per heavy atom. The number of carbonyl (C=O) groups is 2. The first-order valence-electron chi connectivity index (χ1n) is 6.29. The smallest absolute Gasteiger partial charge is 0.231 e. The Bertz CT molecular complexity index is 558. The number of benzene rings is 1. The van der Waals surface area contributed by atoms with Crippen molar-refractivity contribution in [1.29, 1.82) is 0 Å². The molecular formula is C14H16N2O3. The molecule has 2 aliphatic heterocycles. The molecule has 0 atom stereocenters. The van der Waals surface area contributed by atoms with Gasteiger partial charge in [0.05, 0.1) is 25.0 Å². The van der Waals surface area contributed by atoms with Crippen LogP contribution in [-0.4, -0.2) is 38.5 Å². The molecule has 1 aromatic rings. The first kappa shape index (κ1) is 12.3. The number of anilines is 1. The van der Waals surface area contributed by atoms with Gasteiger partial charge >= 0.3 is 0 Å². The number of ether oxygens (including phenoxy) is 1. The summed E-state index contributed by atoms with van der Waals surface area (Å²) in [6.07, 6.45) is 0.360. The third kappa shape index (κ3) is 1.69. The Morgan fingerprint density at radius 2 is 2.21 bits per heavy atom. The van der Waals surface area contributed by atoms with Crippen LogP contribution in [-0.2, 0) is 16.0 Å². The van der Waals surface area contributed by atoms with Gasteiger partial charge in [0.15, 0.2) is 5.78 Å². The number of amides is 1. The van der Waals surface area contributed by atoms with Crippen molar-refractivity contribution in [2.24, 2.45) is 11.1 Å². The highest BCUT2D eigenvalue weighted by molar-refractivity contribution is 6.05. The van der Waals surface area contributed by atoms with Crippen LogP contribution in [0.25, 0.3) is 0 Å². The van der Waals surface area contributed by atoms with Crippen molar-refractivity contribution in [3.63, 3.8) is 0 Å². The van der Waals surface area contributed by atoms with Gasteiger partial charge < -0.3 is 15.4 Å². The molecule has 2 aliphatic rings. The number of hydrogen-bond donors (Lipinski definition) is 1. The van der Waals surface area contributed by atoms with Crippen LogP contribution in [0.15, 0.2) is 18.2 Å². The van der Waals surface area contributed by atoms with E-state index in [0.29, 0.717) is 31.7 Å². The fourth-order valence-corrected chi connectivity index (χ4v) is 2.61. The Labute approximate surface area is 111 Å². The number of rotatable bonds is 3. The number of Topliss-reactive ketones (excluding diaryl/α,β-unsaturated/α-hetero) is 1. The molecule has 3 rings (SSSR count). The second kappa shape index (κ2) is 4.15. The summed E-state index contributed by atoms with van der Waals surface area (Å²) < 4.78 is 5.14. The molecule has 0 bridgehead atoms. The van der Waals surface area contributed by atoms with E-state index in [0.717, 1.165) is 11.3 Å². The second-order valence-corrected chi connectivity index (χ2v) is 5.28. The third-order valence-electron chi connectivity index (χ3n) is 4.05. The molecule has 0 aliphatic carbocycles. The topological polar surface area (TPSA) is 72.6 Å². The van der Waals surface area contributed by atoms with E-state index < -0.39 is 5.41 Å². The maximum Gasteiger partial charge on any atom is 0.231 e. The predicted octanol–water partition coefficient (Wildman–Crippen LogP) is 0.364. The van der Waals surface area contributed by atoms with Gasteiger partial charge in [-0.3, -0.25) is 9.59 Å². The summed E-state index contributed by atoms with van der Waals surface area (Å²) in [5, 5.41) is 0. The van der Waals surface area contributed by atoms with Gasteiger partial charge in [0.1, 0.15) is 0 Å². The highest BCUT2D eigenvalue weighted by Gasteiger charge is 2.45. The number of fused-ring (bicyclic) bond motifs is 1. The molecule has 19 heavy (non-hydrogen) atoms. The number of likely N-dealkylation sites (N-methyl/N-ethyl adjacent to an activating group) is 1. The lowest BCUT2D eigenvalue weighted by molar-refractivity contribution is -0.117. The summed E-state index contributed by atoms with van der Waals surface area (Å²) in [5.41, 5.74) is 7.55. The molecular weight excluding hydrogens is 244 g/mol. The van der Waals surface area contributed by atoms with Gasteiger partial charge in [0.2, 0.25) is 5.91 Å². The lowest BCUT2D eigenvalue weighted by atomic mass is 9.78. The van der Waals surface area contributed by atoms with Crippen LogP contribution in [0, 0.1) is 5.41 Å². The van der Waals surface area contributed by atoms with Crippen molar-refractivity contribution in [2.45, 2.75) is 6.42 Å². The maximum atomic E-state index is 12.5. The molecule has 100 valence electrons. The number of nitrogens with zero attached hydrogens (tertiary/aromatic N) is 1. The van der Waals surface area contributed by atoms with Crippen molar-refractivity contribution >= 4 is 17.4 Å². The molecule has 0 saturated carbocycles. The van der Waals surface area contributed by atoms with E-state index in [9.17, 15) is 9.59 Å². The van der Waals surface area contributed by atoms with E-state index in [1.807, 2.05) is 12.1 Å². The Hall–Kier alpha value is -1.72. The minimum Gasteiger partial charge on any atom is -0.379 e. The van der Waals surface area contributed by atoms with Gasteiger partial charge in [-0.15, -0.1) is 0 Å². The van der Waals surface area contributed by atoms with Gasteiger partial charge in [-0.1, -0.05) is 0 Å². The standard InChI is InChI=1S/C14H16N2O3/c1-16-11-3-2-9(4-10(11)5-12(16)17)13(18)14(6-15)7-19-8-14/h2-4H,5-8,15H2,1H3. The number of carbonyl (C=O) groups excluding carboxylic acids is 2. The van der Waals surface area contributed by atoms with Gasteiger partial charge in [0.25, 0.3) is 0 Å². The number of ketones is 1. The van der Waals surface area contributed by atoms with Crippen molar-refractivity contribution in [1.82, 2.24) is 0 Å². The number of hydrogen-bond acceptors (Lipinski definition) is 4. The monoisotopic (exact) mass is 260 g/mol. The van der Waals surface area contributed by atoms with Gasteiger partial charge in [-0.2, -0.15) is 0 Å². The Kier molecular flexibility index (Phi) is 2.69. The first-order chi connectivity index (χ1) is 9.07. The third-order valence-corrected chi connectivity index (χ3v) is 4.05. The van der Waals surface area contributed by atoms with E-state index in [2.05, 4.69) is 0 Å².